The van der Waals surface area contributed by atoms with E-state index in [1.165, 1.54) is 25.7 Å². The van der Waals surface area contributed by atoms with Crippen LogP contribution in [0.5, 0.6) is 0 Å². The summed E-state index contributed by atoms with van der Waals surface area (Å²) in [7, 11) is 0. The Labute approximate surface area is 76.1 Å². The van der Waals surface area contributed by atoms with Crippen molar-refractivity contribution in [3.63, 3.8) is 0 Å². The van der Waals surface area contributed by atoms with Crippen molar-refractivity contribution in [2.45, 2.75) is 51.6 Å². The van der Waals surface area contributed by atoms with Gasteiger partial charge in [0.1, 0.15) is 0 Å². The summed E-state index contributed by atoms with van der Waals surface area (Å²) in [6.45, 7) is 6.75. The zero-order chi connectivity index (χ0) is 8.97. The van der Waals surface area contributed by atoms with Gasteiger partial charge in [-0.3, -0.25) is 4.90 Å². The molecule has 0 radical (unpaired) electrons. The molecule has 1 aliphatic carbocycles. The lowest BCUT2D eigenvalue weighted by atomic mass is 9.90. The monoisotopic (exact) mass is 170 g/mol. The van der Waals surface area contributed by atoms with Crippen LogP contribution in [-0.2, 0) is 0 Å². The van der Waals surface area contributed by atoms with Crippen LogP contribution in [-0.4, -0.2) is 30.1 Å². The second-order valence-corrected chi connectivity index (χ2v) is 3.74. The molecule has 12 heavy (non-hydrogen) atoms. The second-order valence-electron chi connectivity index (χ2n) is 3.74. The normalized spacial score (nSPS) is 31.0. The average molecular weight is 170 g/mol. The molecule has 1 aliphatic rings. The van der Waals surface area contributed by atoms with Gasteiger partial charge in [0.2, 0.25) is 0 Å². The third-order valence-corrected chi connectivity index (χ3v) is 3.06. The summed E-state index contributed by atoms with van der Waals surface area (Å²) in [5, 5.41) is 0. The van der Waals surface area contributed by atoms with Crippen LogP contribution in [0.2, 0.25) is 0 Å². The molecule has 0 spiro atoms. The first-order valence-electron chi connectivity index (χ1n) is 5.29. The Balaban J connectivity index is 2.45. The number of nitrogens with two attached hydrogens (primary N) is 1. The van der Waals surface area contributed by atoms with Gasteiger partial charge in [0.05, 0.1) is 0 Å². The largest absolute Gasteiger partial charge is 0.326 e. The zero-order valence-corrected chi connectivity index (χ0v) is 8.42. The lowest BCUT2D eigenvalue weighted by Gasteiger charge is -2.37. The van der Waals surface area contributed by atoms with Crippen molar-refractivity contribution < 1.29 is 0 Å². The quantitative estimate of drug-likeness (QED) is 0.697. The molecule has 2 nitrogen and oxygen atoms in total. The van der Waals surface area contributed by atoms with Crippen LogP contribution in [0.1, 0.15) is 39.5 Å². The highest BCUT2D eigenvalue weighted by Gasteiger charge is 2.25. The van der Waals surface area contributed by atoms with Gasteiger partial charge in [-0.05, 0) is 25.9 Å². The van der Waals surface area contributed by atoms with Crippen LogP contribution >= 0.6 is 0 Å². The van der Waals surface area contributed by atoms with Crippen LogP contribution in [0.15, 0.2) is 0 Å². The Morgan fingerprint density at radius 3 is 2.25 bits per heavy atom. The Morgan fingerprint density at radius 1 is 1.17 bits per heavy atom. The minimum atomic E-state index is 0.429. The van der Waals surface area contributed by atoms with E-state index in [1.807, 2.05) is 0 Å². The van der Waals surface area contributed by atoms with E-state index in [-0.39, 0.29) is 0 Å². The first-order chi connectivity index (χ1) is 5.79. The van der Waals surface area contributed by atoms with Gasteiger partial charge in [-0.2, -0.15) is 0 Å². The maximum Gasteiger partial charge on any atom is 0.0246 e. The van der Waals surface area contributed by atoms with E-state index >= 15 is 0 Å². The van der Waals surface area contributed by atoms with E-state index in [9.17, 15) is 0 Å². The van der Waals surface area contributed by atoms with Crippen LogP contribution in [0.3, 0.4) is 0 Å². The van der Waals surface area contributed by atoms with Gasteiger partial charge in [0.25, 0.3) is 0 Å². The lowest BCUT2D eigenvalue weighted by Crippen LogP contribution is -2.49. The highest BCUT2D eigenvalue weighted by Crippen LogP contribution is 2.21. The fourth-order valence-corrected chi connectivity index (χ4v) is 2.29. The third-order valence-electron chi connectivity index (χ3n) is 3.06. The van der Waals surface area contributed by atoms with Crippen molar-refractivity contribution in [3.05, 3.63) is 0 Å². The highest BCUT2D eigenvalue weighted by molar-refractivity contribution is 4.84. The summed E-state index contributed by atoms with van der Waals surface area (Å²) in [5.74, 6) is 0. The summed E-state index contributed by atoms with van der Waals surface area (Å²) >= 11 is 0. The first kappa shape index (κ1) is 10.0. The maximum atomic E-state index is 6.09. The molecule has 2 N–H and O–H groups in total. The Morgan fingerprint density at radius 2 is 1.75 bits per heavy atom. The molecule has 0 heterocycles. The molecule has 2 heteroatoms. The van der Waals surface area contributed by atoms with Crippen molar-refractivity contribution in [2.24, 2.45) is 5.73 Å². The van der Waals surface area contributed by atoms with Gasteiger partial charge in [0, 0.05) is 12.1 Å². The van der Waals surface area contributed by atoms with Crippen molar-refractivity contribution in [1.82, 2.24) is 4.90 Å². The van der Waals surface area contributed by atoms with Gasteiger partial charge in [-0.25, -0.2) is 0 Å². The van der Waals surface area contributed by atoms with Crippen LogP contribution in [0, 0.1) is 0 Å². The average Bonchev–Trinajstić information content (AvgIpc) is 2.10. The molecule has 1 rings (SSSR count). The molecule has 0 saturated heterocycles. The summed E-state index contributed by atoms with van der Waals surface area (Å²) < 4.78 is 0. The van der Waals surface area contributed by atoms with Gasteiger partial charge < -0.3 is 5.73 Å². The maximum absolute atomic E-state index is 6.09. The van der Waals surface area contributed by atoms with Crippen molar-refractivity contribution >= 4 is 0 Å². The molecular weight excluding hydrogens is 148 g/mol. The molecule has 72 valence electrons. The molecule has 2 atom stereocenters. The molecule has 0 aromatic heterocycles. The van der Waals surface area contributed by atoms with Gasteiger partial charge in [-0.1, -0.05) is 26.7 Å². The minimum Gasteiger partial charge on any atom is -0.326 e. The van der Waals surface area contributed by atoms with E-state index in [0.717, 1.165) is 13.1 Å². The summed E-state index contributed by atoms with van der Waals surface area (Å²) in [6.07, 6.45) is 5.23. The number of hydrogen-bond donors (Lipinski definition) is 1. The second kappa shape index (κ2) is 4.83. The van der Waals surface area contributed by atoms with E-state index in [2.05, 4.69) is 18.7 Å². The van der Waals surface area contributed by atoms with E-state index < -0.39 is 0 Å². The van der Waals surface area contributed by atoms with Crippen LogP contribution in [0.4, 0.5) is 0 Å². The van der Waals surface area contributed by atoms with Crippen molar-refractivity contribution in [3.8, 4) is 0 Å². The highest BCUT2D eigenvalue weighted by atomic mass is 15.2. The van der Waals surface area contributed by atoms with Gasteiger partial charge in [0.15, 0.2) is 0 Å². The molecule has 0 aromatic rings. The molecule has 0 aliphatic heterocycles. The molecule has 1 fully saturated rings. The predicted octanol–water partition coefficient (Wildman–Crippen LogP) is 1.60. The van der Waals surface area contributed by atoms with E-state index in [4.69, 9.17) is 5.73 Å². The van der Waals surface area contributed by atoms with Crippen molar-refractivity contribution in [2.75, 3.05) is 13.1 Å². The minimum absolute atomic E-state index is 0.429. The van der Waals surface area contributed by atoms with E-state index in [0.29, 0.717) is 12.1 Å². The number of nitrogens with zero attached hydrogens (tertiary/aromatic N) is 1. The van der Waals surface area contributed by atoms with Crippen LogP contribution in [0.25, 0.3) is 0 Å². The smallest absolute Gasteiger partial charge is 0.0246 e. The summed E-state index contributed by atoms with van der Waals surface area (Å²) in [4.78, 5) is 2.50. The number of likely N-dealkylation sites (N-methyl/N-ethyl adjacent to an activating group) is 1. The lowest BCUT2D eigenvalue weighted by molar-refractivity contribution is 0.151. The molecule has 0 amide bonds. The third kappa shape index (κ3) is 2.20. The molecule has 0 bridgehead atoms. The Hall–Kier alpha value is -0.0800. The topological polar surface area (TPSA) is 29.3 Å². The molecular formula is C10H22N2. The first-order valence-corrected chi connectivity index (χ1v) is 5.29. The molecule has 0 aromatic carbocycles. The Kier molecular flexibility index (Phi) is 4.02. The van der Waals surface area contributed by atoms with Gasteiger partial charge in [-0.15, -0.1) is 0 Å². The van der Waals surface area contributed by atoms with Gasteiger partial charge >= 0.3 is 0 Å². The number of hydrogen-bond acceptors (Lipinski definition) is 2. The van der Waals surface area contributed by atoms with Crippen LogP contribution < -0.4 is 5.73 Å². The van der Waals surface area contributed by atoms with Crippen molar-refractivity contribution in [1.29, 1.82) is 0 Å². The fourth-order valence-electron chi connectivity index (χ4n) is 2.29. The Bertz CT molecular complexity index is 121. The molecule has 1 saturated carbocycles. The van der Waals surface area contributed by atoms with E-state index in [1.54, 1.807) is 0 Å². The summed E-state index contributed by atoms with van der Waals surface area (Å²) in [5.41, 5.74) is 6.09. The number of rotatable bonds is 3. The molecule has 0 unspecified atom stereocenters. The predicted molar refractivity (Wildman–Crippen MR) is 53.2 cm³/mol. The standard InChI is InChI=1S/C10H22N2/c1-3-12(4-2)10-8-6-5-7-9(10)11/h9-10H,3-8,11H2,1-2H3/t9-,10+/m1/s1. The fraction of sp³-hybridized carbons (Fsp3) is 1.00. The zero-order valence-electron chi connectivity index (χ0n) is 8.42. The SMILES string of the molecule is CCN(CC)[C@H]1CCCC[C@H]1N. The summed E-state index contributed by atoms with van der Waals surface area (Å²) in [6, 6.07) is 1.09.